The molecule has 6 nitrogen and oxygen atoms in total. The van der Waals surface area contributed by atoms with Crippen molar-refractivity contribution in [3.05, 3.63) is 59.4 Å². The third kappa shape index (κ3) is 8.46. The third-order valence-corrected chi connectivity index (χ3v) is 4.26. The van der Waals surface area contributed by atoms with Crippen LogP contribution in [-0.2, 0) is 16.1 Å². The Morgan fingerprint density at radius 3 is 2.28 bits per heavy atom. The van der Waals surface area contributed by atoms with Gasteiger partial charge in [-0.05, 0) is 50.1 Å². The van der Waals surface area contributed by atoms with Gasteiger partial charge in [-0.1, -0.05) is 30.3 Å². The summed E-state index contributed by atoms with van der Waals surface area (Å²) in [4.78, 5) is 16.5. The van der Waals surface area contributed by atoms with Crippen LogP contribution < -0.4 is 10.2 Å². The Morgan fingerprint density at radius 1 is 1.10 bits per heavy atom. The van der Waals surface area contributed by atoms with E-state index in [2.05, 4.69) is 32.1 Å². The van der Waals surface area contributed by atoms with E-state index in [0.29, 0.717) is 6.47 Å². The second-order valence-corrected chi connectivity index (χ2v) is 7.74. The molecule has 3 rings (SSSR count). The van der Waals surface area contributed by atoms with Gasteiger partial charge < -0.3 is 20.1 Å². The number of pyridine rings is 1. The van der Waals surface area contributed by atoms with Gasteiger partial charge in [-0.15, -0.1) is 0 Å². The molecule has 1 aliphatic rings. The number of nitrogens with one attached hydrogen (secondary N) is 1. The van der Waals surface area contributed by atoms with Crippen LogP contribution in [0.4, 0.5) is 5.69 Å². The van der Waals surface area contributed by atoms with E-state index in [-0.39, 0.29) is 12.2 Å². The van der Waals surface area contributed by atoms with Crippen molar-refractivity contribution in [3.63, 3.8) is 0 Å². The highest BCUT2D eigenvalue weighted by Crippen LogP contribution is 2.15. The Morgan fingerprint density at radius 2 is 1.79 bits per heavy atom. The molecule has 0 amide bonds. The van der Waals surface area contributed by atoms with Gasteiger partial charge in [-0.2, -0.15) is 0 Å². The van der Waals surface area contributed by atoms with Crippen LogP contribution in [0.5, 0.6) is 0 Å². The summed E-state index contributed by atoms with van der Waals surface area (Å²) in [5, 5.41) is 12.4. The molecular weight excluding hydrogens is 366 g/mol. The Bertz CT molecular complexity index is 759. The predicted molar refractivity (Wildman–Crippen MR) is 118 cm³/mol. The molecule has 1 aromatic heterocycles. The number of aromatic nitrogens is 1. The first kappa shape index (κ1) is 22.6. The van der Waals surface area contributed by atoms with Gasteiger partial charge in [0.1, 0.15) is 5.60 Å². The van der Waals surface area contributed by atoms with E-state index in [1.807, 2.05) is 63.4 Å². The van der Waals surface area contributed by atoms with Crippen LogP contribution in [0.1, 0.15) is 37.6 Å². The molecule has 0 spiro atoms. The first-order chi connectivity index (χ1) is 13.9. The van der Waals surface area contributed by atoms with Gasteiger partial charge in [0, 0.05) is 26.2 Å². The van der Waals surface area contributed by atoms with E-state index in [9.17, 15) is 4.79 Å². The lowest BCUT2D eigenvalue weighted by atomic mass is 10.1. The van der Waals surface area contributed by atoms with Gasteiger partial charge in [0.25, 0.3) is 6.47 Å². The van der Waals surface area contributed by atoms with Crippen molar-refractivity contribution in [2.45, 2.75) is 33.0 Å². The molecule has 1 fully saturated rings. The molecule has 0 bridgehead atoms. The van der Waals surface area contributed by atoms with E-state index >= 15 is 0 Å². The lowest BCUT2D eigenvalue weighted by Crippen LogP contribution is -2.43. The van der Waals surface area contributed by atoms with Gasteiger partial charge in [-0.3, -0.25) is 9.78 Å². The number of carbonyl (C=O) groups excluding carboxylic acids is 1. The average molecular weight is 398 g/mol. The van der Waals surface area contributed by atoms with Crippen molar-refractivity contribution in [1.82, 2.24) is 10.3 Å². The van der Waals surface area contributed by atoms with E-state index < -0.39 is 0 Å². The molecule has 0 saturated carbocycles. The minimum Gasteiger partial charge on any atom is -0.462 e. The minimum absolute atomic E-state index is 0.0824. The Kier molecular flexibility index (Phi) is 8.83. The maximum atomic E-state index is 9.60. The molecule has 29 heavy (non-hydrogen) atoms. The molecule has 1 aromatic carbocycles. The summed E-state index contributed by atoms with van der Waals surface area (Å²) in [5.41, 5.74) is 3.85. The fourth-order valence-corrected chi connectivity index (χ4v) is 2.67. The number of piperazine rings is 1. The molecule has 0 atom stereocenters. The molecule has 1 aliphatic heterocycles. The number of hydrogen-bond acceptors (Lipinski definition) is 6. The number of hydrogen-bond donors (Lipinski definition) is 2. The SMILES string of the molecule is CC(C)(C)OC=O.OCc1ccc(C=Cc2ccc(N3CCNCC3)cn2)cc1. The number of aliphatic hydroxyl groups excluding tert-OH is 1. The van der Waals surface area contributed by atoms with Crippen molar-refractivity contribution in [3.8, 4) is 0 Å². The molecule has 2 N–H and O–H groups in total. The summed E-state index contributed by atoms with van der Waals surface area (Å²) in [7, 11) is 0. The number of rotatable bonds is 5. The number of aliphatic hydroxyl groups is 1. The van der Waals surface area contributed by atoms with E-state index in [4.69, 9.17) is 5.11 Å². The fraction of sp³-hybridized carbons (Fsp3) is 0.391. The topological polar surface area (TPSA) is 74.7 Å². The summed E-state index contributed by atoms with van der Waals surface area (Å²) in [5.74, 6) is 0. The van der Waals surface area contributed by atoms with Gasteiger partial charge in [0.2, 0.25) is 0 Å². The Hall–Kier alpha value is -2.70. The maximum absolute atomic E-state index is 9.60. The number of carbonyl (C=O) groups is 1. The first-order valence-corrected chi connectivity index (χ1v) is 9.82. The minimum atomic E-state index is -0.318. The van der Waals surface area contributed by atoms with Gasteiger partial charge in [0.05, 0.1) is 24.2 Å². The molecule has 2 aromatic rings. The highest BCUT2D eigenvalue weighted by molar-refractivity contribution is 5.68. The zero-order valence-corrected chi connectivity index (χ0v) is 17.5. The van der Waals surface area contributed by atoms with Crippen LogP contribution >= 0.6 is 0 Å². The van der Waals surface area contributed by atoms with E-state index in [1.54, 1.807) is 0 Å². The smallest absolute Gasteiger partial charge is 0.293 e. The Labute approximate surface area is 173 Å². The quantitative estimate of drug-likeness (QED) is 0.755. The van der Waals surface area contributed by atoms with Gasteiger partial charge in [-0.25, -0.2) is 0 Å². The number of benzene rings is 1. The van der Waals surface area contributed by atoms with E-state index in [1.165, 1.54) is 5.69 Å². The summed E-state index contributed by atoms with van der Waals surface area (Å²) >= 11 is 0. The monoisotopic (exact) mass is 397 g/mol. The summed E-state index contributed by atoms with van der Waals surface area (Å²) in [6.07, 6.45) is 5.99. The van der Waals surface area contributed by atoms with Crippen molar-refractivity contribution in [1.29, 1.82) is 0 Å². The normalized spacial score (nSPS) is 14.3. The van der Waals surface area contributed by atoms with Crippen LogP contribution in [0.2, 0.25) is 0 Å². The van der Waals surface area contributed by atoms with Crippen molar-refractivity contribution >= 4 is 24.3 Å². The highest BCUT2D eigenvalue weighted by Gasteiger charge is 2.10. The Balaban J connectivity index is 0.000000370. The van der Waals surface area contributed by atoms with Gasteiger partial charge >= 0.3 is 0 Å². The molecular formula is C23H31N3O3. The zero-order valence-electron chi connectivity index (χ0n) is 17.5. The third-order valence-electron chi connectivity index (χ3n) is 4.26. The van der Waals surface area contributed by atoms with Crippen LogP contribution in [0.15, 0.2) is 42.6 Å². The van der Waals surface area contributed by atoms with Crippen LogP contribution in [0.3, 0.4) is 0 Å². The lowest BCUT2D eigenvalue weighted by Gasteiger charge is -2.29. The van der Waals surface area contributed by atoms with Crippen LogP contribution in [0.25, 0.3) is 12.2 Å². The summed E-state index contributed by atoms with van der Waals surface area (Å²) < 4.78 is 4.55. The molecule has 0 unspecified atom stereocenters. The molecule has 156 valence electrons. The zero-order chi connectivity index (χ0) is 21.1. The highest BCUT2D eigenvalue weighted by atomic mass is 16.5. The molecule has 6 heteroatoms. The van der Waals surface area contributed by atoms with Crippen LogP contribution in [0, 0.1) is 0 Å². The largest absolute Gasteiger partial charge is 0.462 e. The predicted octanol–water partition coefficient (Wildman–Crippen LogP) is 3.11. The fourth-order valence-electron chi connectivity index (χ4n) is 2.67. The van der Waals surface area contributed by atoms with Crippen LogP contribution in [-0.4, -0.2) is 48.3 Å². The second-order valence-electron chi connectivity index (χ2n) is 7.74. The molecule has 2 heterocycles. The number of anilines is 1. The lowest BCUT2D eigenvalue weighted by molar-refractivity contribution is -0.138. The molecule has 0 aliphatic carbocycles. The summed E-state index contributed by atoms with van der Waals surface area (Å²) in [6, 6.07) is 12.0. The molecule has 0 radical (unpaired) electrons. The first-order valence-electron chi connectivity index (χ1n) is 9.82. The number of ether oxygens (including phenoxy) is 1. The summed E-state index contributed by atoms with van der Waals surface area (Å²) in [6.45, 7) is 10.1. The average Bonchev–Trinajstić information content (AvgIpc) is 2.73. The van der Waals surface area contributed by atoms with Crippen molar-refractivity contribution in [2.75, 3.05) is 31.1 Å². The number of nitrogens with zero attached hydrogens (tertiary/aromatic N) is 2. The van der Waals surface area contributed by atoms with Crippen molar-refractivity contribution < 1.29 is 14.6 Å². The van der Waals surface area contributed by atoms with E-state index in [0.717, 1.165) is 43.0 Å². The molecule has 1 saturated heterocycles. The maximum Gasteiger partial charge on any atom is 0.293 e. The standard InChI is InChI=1S/C18H21N3O.C5H10O2/c22-14-16-3-1-15(2-4-16)5-6-17-7-8-18(13-20-17)21-11-9-19-10-12-21;1-5(2,3)7-4-6/h1-8,13,19,22H,9-12,14H2;4H,1-3H3. The van der Waals surface area contributed by atoms with Gasteiger partial charge in [0.15, 0.2) is 0 Å². The van der Waals surface area contributed by atoms with Crippen molar-refractivity contribution in [2.24, 2.45) is 0 Å². The second kappa shape index (κ2) is 11.3.